The van der Waals surface area contributed by atoms with Crippen molar-refractivity contribution >= 4 is 0 Å². The van der Waals surface area contributed by atoms with Gasteiger partial charge in [-0.1, -0.05) is 38.1 Å². The lowest BCUT2D eigenvalue weighted by Crippen LogP contribution is -2.19. The van der Waals surface area contributed by atoms with Crippen molar-refractivity contribution in [3.8, 4) is 6.07 Å². The molecule has 0 aliphatic rings. The van der Waals surface area contributed by atoms with Crippen molar-refractivity contribution in [3.63, 3.8) is 0 Å². The van der Waals surface area contributed by atoms with E-state index in [-0.39, 0.29) is 5.92 Å². The molecule has 0 saturated carbocycles. The van der Waals surface area contributed by atoms with Crippen LogP contribution in [0.25, 0.3) is 0 Å². The monoisotopic (exact) mass is 216 g/mol. The molecule has 0 aromatic heterocycles. The van der Waals surface area contributed by atoms with Crippen LogP contribution in [0.1, 0.15) is 37.8 Å². The summed E-state index contributed by atoms with van der Waals surface area (Å²) < 4.78 is 0. The Morgan fingerprint density at radius 2 is 1.81 bits per heavy atom. The molecule has 0 bridgehead atoms. The minimum Gasteiger partial charge on any atom is -0.311 e. The highest BCUT2D eigenvalue weighted by molar-refractivity contribution is 5.24. The molecule has 0 fully saturated rings. The molecule has 0 amide bonds. The van der Waals surface area contributed by atoms with Crippen LogP contribution in [0.2, 0.25) is 0 Å². The number of nitriles is 1. The van der Waals surface area contributed by atoms with E-state index in [0.717, 1.165) is 13.1 Å². The number of hydrogen-bond acceptors (Lipinski definition) is 2. The second kappa shape index (κ2) is 6.30. The number of rotatable bonds is 5. The van der Waals surface area contributed by atoms with E-state index in [1.165, 1.54) is 11.1 Å². The highest BCUT2D eigenvalue weighted by atomic mass is 14.8. The summed E-state index contributed by atoms with van der Waals surface area (Å²) in [6.45, 7) is 7.91. The van der Waals surface area contributed by atoms with Gasteiger partial charge in [0.1, 0.15) is 0 Å². The smallest absolute Gasteiger partial charge is 0.0666 e. The maximum Gasteiger partial charge on any atom is 0.0666 e. The van der Waals surface area contributed by atoms with E-state index in [2.05, 4.69) is 49.5 Å². The van der Waals surface area contributed by atoms with Crippen molar-refractivity contribution in [2.24, 2.45) is 5.92 Å². The Balaban J connectivity index is 2.41. The second-order valence-electron chi connectivity index (χ2n) is 4.56. The summed E-state index contributed by atoms with van der Waals surface area (Å²) in [4.78, 5) is 0. The molecule has 1 unspecified atom stereocenters. The summed E-state index contributed by atoms with van der Waals surface area (Å²) in [5.74, 6) is 0.663. The molecular weight excluding hydrogens is 196 g/mol. The summed E-state index contributed by atoms with van der Waals surface area (Å²) in [7, 11) is 0. The summed E-state index contributed by atoms with van der Waals surface area (Å²) in [6, 6.07) is 10.9. The average molecular weight is 216 g/mol. The SMILES string of the molecule is CC(C#N)CNCc1ccc(C(C)C)cc1. The predicted molar refractivity (Wildman–Crippen MR) is 67.0 cm³/mol. The Morgan fingerprint density at radius 3 is 2.31 bits per heavy atom. The van der Waals surface area contributed by atoms with E-state index < -0.39 is 0 Å². The van der Waals surface area contributed by atoms with E-state index in [0.29, 0.717) is 5.92 Å². The molecule has 0 aliphatic heterocycles. The molecular formula is C14H20N2. The molecule has 0 saturated heterocycles. The molecule has 16 heavy (non-hydrogen) atoms. The largest absolute Gasteiger partial charge is 0.311 e. The highest BCUT2D eigenvalue weighted by Crippen LogP contribution is 2.14. The molecule has 1 N–H and O–H groups in total. The molecule has 2 heteroatoms. The lowest BCUT2D eigenvalue weighted by Gasteiger charge is -2.08. The van der Waals surface area contributed by atoms with Gasteiger partial charge in [-0.15, -0.1) is 0 Å². The predicted octanol–water partition coefficient (Wildman–Crippen LogP) is 3.06. The van der Waals surface area contributed by atoms with Crippen LogP contribution in [-0.2, 0) is 6.54 Å². The quantitative estimate of drug-likeness (QED) is 0.821. The molecule has 86 valence electrons. The van der Waals surface area contributed by atoms with Gasteiger partial charge in [-0.3, -0.25) is 0 Å². The van der Waals surface area contributed by atoms with E-state index in [9.17, 15) is 0 Å². The van der Waals surface area contributed by atoms with Gasteiger partial charge in [0.05, 0.1) is 12.0 Å². The van der Waals surface area contributed by atoms with Crippen LogP contribution in [0.5, 0.6) is 0 Å². The van der Waals surface area contributed by atoms with Crippen LogP contribution in [0, 0.1) is 17.2 Å². The Kier molecular flexibility index (Phi) is 5.01. The molecule has 1 aromatic rings. The molecule has 1 atom stereocenters. The molecule has 1 aromatic carbocycles. The van der Waals surface area contributed by atoms with Gasteiger partial charge in [0, 0.05) is 13.1 Å². The summed E-state index contributed by atoms with van der Waals surface area (Å²) in [5.41, 5.74) is 2.64. The third kappa shape index (κ3) is 4.04. The van der Waals surface area contributed by atoms with Crippen LogP contribution < -0.4 is 5.32 Å². The molecule has 0 aliphatic carbocycles. The normalized spacial score (nSPS) is 12.4. The molecule has 2 nitrogen and oxygen atoms in total. The zero-order chi connectivity index (χ0) is 12.0. The Hall–Kier alpha value is -1.33. The van der Waals surface area contributed by atoms with Gasteiger partial charge in [-0.05, 0) is 24.0 Å². The second-order valence-corrected chi connectivity index (χ2v) is 4.56. The van der Waals surface area contributed by atoms with Crippen molar-refractivity contribution in [3.05, 3.63) is 35.4 Å². The van der Waals surface area contributed by atoms with Crippen LogP contribution in [0.4, 0.5) is 0 Å². The Labute approximate surface area is 98.3 Å². The maximum absolute atomic E-state index is 8.64. The standard InChI is InChI=1S/C14H20N2/c1-11(2)14-6-4-13(5-7-14)10-16-9-12(3)8-15/h4-7,11-12,16H,9-10H2,1-3H3. The lowest BCUT2D eigenvalue weighted by atomic mass is 10.0. The van der Waals surface area contributed by atoms with Crippen molar-refractivity contribution < 1.29 is 0 Å². The number of nitrogens with one attached hydrogen (secondary N) is 1. The summed E-state index contributed by atoms with van der Waals surface area (Å²) >= 11 is 0. The fraction of sp³-hybridized carbons (Fsp3) is 0.500. The van der Waals surface area contributed by atoms with E-state index in [4.69, 9.17) is 5.26 Å². The Morgan fingerprint density at radius 1 is 1.19 bits per heavy atom. The van der Waals surface area contributed by atoms with Crippen molar-refractivity contribution in [1.29, 1.82) is 5.26 Å². The highest BCUT2D eigenvalue weighted by Gasteiger charge is 2.00. The van der Waals surface area contributed by atoms with E-state index >= 15 is 0 Å². The fourth-order valence-electron chi connectivity index (χ4n) is 1.50. The fourth-order valence-corrected chi connectivity index (χ4v) is 1.50. The van der Waals surface area contributed by atoms with Crippen molar-refractivity contribution in [2.75, 3.05) is 6.54 Å². The third-order valence-electron chi connectivity index (χ3n) is 2.65. The number of benzene rings is 1. The summed E-state index contributed by atoms with van der Waals surface area (Å²) in [5, 5.41) is 11.9. The molecule has 1 rings (SSSR count). The van der Waals surface area contributed by atoms with Gasteiger partial charge in [0.25, 0.3) is 0 Å². The lowest BCUT2D eigenvalue weighted by molar-refractivity contribution is 0.601. The third-order valence-corrected chi connectivity index (χ3v) is 2.65. The van der Waals surface area contributed by atoms with Gasteiger partial charge < -0.3 is 5.32 Å². The van der Waals surface area contributed by atoms with Gasteiger partial charge in [0.15, 0.2) is 0 Å². The first-order valence-corrected chi connectivity index (χ1v) is 5.82. The zero-order valence-electron chi connectivity index (χ0n) is 10.3. The first kappa shape index (κ1) is 12.7. The van der Waals surface area contributed by atoms with Gasteiger partial charge in [-0.25, -0.2) is 0 Å². The van der Waals surface area contributed by atoms with Crippen LogP contribution in [-0.4, -0.2) is 6.54 Å². The van der Waals surface area contributed by atoms with Crippen LogP contribution in [0.3, 0.4) is 0 Å². The van der Waals surface area contributed by atoms with Crippen LogP contribution in [0.15, 0.2) is 24.3 Å². The van der Waals surface area contributed by atoms with Gasteiger partial charge in [-0.2, -0.15) is 5.26 Å². The van der Waals surface area contributed by atoms with Crippen molar-refractivity contribution in [1.82, 2.24) is 5.32 Å². The van der Waals surface area contributed by atoms with Gasteiger partial charge in [0.2, 0.25) is 0 Å². The molecule has 0 heterocycles. The first-order chi connectivity index (χ1) is 7.63. The topological polar surface area (TPSA) is 35.8 Å². The van der Waals surface area contributed by atoms with Crippen LogP contribution >= 0.6 is 0 Å². The zero-order valence-corrected chi connectivity index (χ0v) is 10.3. The van der Waals surface area contributed by atoms with Gasteiger partial charge >= 0.3 is 0 Å². The van der Waals surface area contributed by atoms with E-state index in [1.807, 2.05) is 6.92 Å². The average Bonchev–Trinajstić information content (AvgIpc) is 2.29. The minimum absolute atomic E-state index is 0.0786. The first-order valence-electron chi connectivity index (χ1n) is 5.82. The Bertz CT molecular complexity index is 346. The number of hydrogen-bond donors (Lipinski definition) is 1. The maximum atomic E-state index is 8.64. The summed E-state index contributed by atoms with van der Waals surface area (Å²) in [6.07, 6.45) is 0. The minimum atomic E-state index is 0.0786. The molecule has 0 spiro atoms. The molecule has 0 radical (unpaired) electrons. The van der Waals surface area contributed by atoms with E-state index in [1.54, 1.807) is 0 Å². The number of nitrogens with zero attached hydrogens (tertiary/aromatic N) is 1. The van der Waals surface area contributed by atoms with Crippen molar-refractivity contribution in [2.45, 2.75) is 33.2 Å².